The maximum atomic E-state index is 6.28. The fraction of sp³-hybridized carbons (Fsp3) is 0.150. The molecule has 0 fully saturated rings. The van der Waals surface area contributed by atoms with Crippen LogP contribution in [0.15, 0.2) is 59.6 Å². The van der Waals surface area contributed by atoms with E-state index in [2.05, 4.69) is 4.99 Å². The molecule has 128 valence electrons. The summed E-state index contributed by atoms with van der Waals surface area (Å²) in [7, 11) is 4.70. The quantitative estimate of drug-likeness (QED) is 0.567. The molecule has 3 aromatic rings. The van der Waals surface area contributed by atoms with Crippen molar-refractivity contribution < 1.29 is 14.2 Å². The number of hydrogen-bond donors (Lipinski definition) is 1. The second-order valence-corrected chi connectivity index (χ2v) is 5.41. The standard InChI is InChI=1S/C20H20N2O3/c1-23-17-11-14(12-18(24-2)19(17)25-3)22-20(21)16-10-6-8-13-7-4-5-9-15(13)16/h4-12H,1-3H3,(H2,21,22). The van der Waals surface area contributed by atoms with Crippen molar-refractivity contribution in [3.63, 3.8) is 0 Å². The fourth-order valence-corrected chi connectivity index (χ4v) is 2.78. The highest BCUT2D eigenvalue weighted by Gasteiger charge is 2.13. The molecular formula is C20H20N2O3. The molecule has 0 aliphatic carbocycles. The van der Waals surface area contributed by atoms with Crippen molar-refractivity contribution >= 4 is 22.3 Å². The van der Waals surface area contributed by atoms with Gasteiger partial charge in [-0.15, -0.1) is 0 Å². The third-order valence-electron chi connectivity index (χ3n) is 3.96. The van der Waals surface area contributed by atoms with Gasteiger partial charge >= 0.3 is 0 Å². The SMILES string of the molecule is COc1cc(N=C(N)c2cccc3ccccc23)cc(OC)c1OC. The zero-order chi connectivity index (χ0) is 17.8. The minimum atomic E-state index is 0.422. The number of methoxy groups -OCH3 is 3. The number of benzene rings is 3. The maximum Gasteiger partial charge on any atom is 0.203 e. The first-order chi connectivity index (χ1) is 12.2. The van der Waals surface area contributed by atoms with Crippen molar-refractivity contribution in [3.8, 4) is 17.2 Å². The van der Waals surface area contributed by atoms with Crippen molar-refractivity contribution in [2.75, 3.05) is 21.3 Å². The zero-order valence-electron chi connectivity index (χ0n) is 14.4. The Balaban J connectivity index is 2.10. The van der Waals surface area contributed by atoms with Crippen molar-refractivity contribution in [2.24, 2.45) is 10.7 Å². The molecule has 0 spiro atoms. The van der Waals surface area contributed by atoms with Crippen LogP contribution in [0, 0.1) is 0 Å². The van der Waals surface area contributed by atoms with Crippen molar-refractivity contribution in [1.29, 1.82) is 0 Å². The Bertz CT molecular complexity index is 905. The van der Waals surface area contributed by atoms with E-state index in [0.29, 0.717) is 28.8 Å². The van der Waals surface area contributed by atoms with Gasteiger partial charge in [-0.3, -0.25) is 0 Å². The molecule has 0 heterocycles. The summed E-state index contributed by atoms with van der Waals surface area (Å²) in [4.78, 5) is 4.55. The molecule has 0 bridgehead atoms. The van der Waals surface area contributed by atoms with Crippen LogP contribution < -0.4 is 19.9 Å². The smallest absolute Gasteiger partial charge is 0.203 e. The number of rotatable bonds is 5. The second-order valence-electron chi connectivity index (χ2n) is 5.41. The lowest BCUT2D eigenvalue weighted by atomic mass is 10.0. The van der Waals surface area contributed by atoms with Crippen LogP contribution in [0.25, 0.3) is 10.8 Å². The Hall–Kier alpha value is -3.21. The van der Waals surface area contributed by atoms with Crippen LogP contribution in [0.5, 0.6) is 17.2 Å². The Morgan fingerprint density at radius 1 is 0.840 bits per heavy atom. The van der Waals surface area contributed by atoms with E-state index in [1.54, 1.807) is 33.5 Å². The normalized spacial score (nSPS) is 11.4. The van der Waals surface area contributed by atoms with E-state index in [9.17, 15) is 0 Å². The van der Waals surface area contributed by atoms with Gasteiger partial charge in [-0.2, -0.15) is 0 Å². The third kappa shape index (κ3) is 3.21. The van der Waals surface area contributed by atoms with Gasteiger partial charge in [-0.25, -0.2) is 4.99 Å². The Labute approximate surface area is 146 Å². The number of hydrogen-bond acceptors (Lipinski definition) is 4. The number of fused-ring (bicyclic) bond motifs is 1. The molecule has 0 atom stereocenters. The van der Waals surface area contributed by atoms with Gasteiger partial charge in [0.05, 0.1) is 27.0 Å². The lowest BCUT2D eigenvalue weighted by Gasteiger charge is -2.13. The number of nitrogens with zero attached hydrogens (tertiary/aromatic N) is 1. The van der Waals surface area contributed by atoms with E-state index in [-0.39, 0.29) is 0 Å². The summed E-state index contributed by atoms with van der Waals surface area (Å²) >= 11 is 0. The average molecular weight is 336 g/mol. The van der Waals surface area contributed by atoms with E-state index in [0.717, 1.165) is 16.3 Å². The molecule has 0 aliphatic heterocycles. The summed E-state index contributed by atoms with van der Waals surface area (Å²) in [6.45, 7) is 0. The minimum absolute atomic E-state index is 0.422. The first-order valence-corrected chi connectivity index (χ1v) is 7.80. The molecule has 0 saturated heterocycles. The van der Waals surface area contributed by atoms with Gasteiger partial charge in [0, 0.05) is 17.7 Å². The van der Waals surface area contributed by atoms with Gasteiger partial charge < -0.3 is 19.9 Å². The fourth-order valence-electron chi connectivity index (χ4n) is 2.78. The summed E-state index contributed by atoms with van der Waals surface area (Å²) < 4.78 is 16.1. The molecule has 0 aromatic heterocycles. The minimum Gasteiger partial charge on any atom is -0.493 e. The molecule has 25 heavy (non-hydrogen) atoms. The van der Waals surface area contributed by atoms with Crippen molar-refractivity contribution in [2.45, 2.75) is 0 Å². The molecule has 3 rings (SSSR count). The van der Waals surface area contributed by atoms with Gasteiger partial charge in [-0.05, 0) is 10.8 Å². The number of nitrogens with two attached hydrogens (primary N) is 1. The van der Waals surface area contributed by atoms with E-state index in [1.165, 1.54) is 0 Å². The maximum absolute atomic E-state index is 6.28. The molecule has 0 aliphatic rings. The highest BCUT2D eigenvalue weighted by atomic mass is 16.5. The predicted molar refractivity (Wildman–Crippen MR) is 100 cm³/mol. The largest absolute Gasteiger partial charge is 0.493 e. The van der Waals surface area contributed by atoms with Crippen molar-refractivity contribution in [1.82, 2.24) is 0 Å². The Morgan fingerprint density at radius 2 is 1.48 bits per heavy atom. The number of aliphatic imine (C=N–C) groups is 1. The van der Waals surface area contributed by atoms with Gasteiger partial charge in [0.1, 0.15) is 5.84 Å². The average Bonchev–Trinajstić information content (AvgIpc) is 2.66. The van der Waals surface area contributed by atoms with E-state index < -0.39 is 0 Å². The van der Waals surface area contributed by atoms with Crippen LogP contribution >= 0.6 is 0 Å². The highest BCUT2D eigenvalue weighted by molar-refractivity contribution is 6.09. The molecule has 5 nitrogen and oxygen atoms in total. The second kappa shape index (κ2) is 7.13. The first kappa shape index (κ1) is 16.6. The van der Waals surface area contributed by atoms with Gasteiger partial charge in [0.2, 0.25) is 5.75 Å². The van der Waals surface area contributed by atoms with Gasteiger partial charge in [0.25, 0.3) is 0 Å². The molecule has 0 unspecified atom stereocenters. The van der Waals surface area contributed by atoms with Crippen LogP contribution in [0.2, 0.25) is 0 Å². The molecule has 0 amide bonds. The van der Waals surface area contributed by atoms with E-state index in [4.69, 9.17) is 19.9 Å². The van der Waals surface area contributed by atoms with Crippen LogP contribution in [0.1, 0.15) is 5.56 Å². The topological polar surface area (TPSA) is 66.1 Å². The Kier molecular flexibility index (Phi) is 4.75. The molecular weight excluding hydrogens is 316 g/mol. The number of amidine groups is 1. The van der Waals surface area contributed by atoms with Crippen LogP contribution in [-0.2, 0) is 0 Å². The van der Waals surface area contributed by atoms with Crippen LogP contribution in [0.4, 0.5) is 5.69 Å². The first-order valence-electron chi connectivity index (χ1n) is 7.80. The summed E-state index contributed by atoms with van der Waals surface area (Å²) in [6.07, 6.45) is 0. The highest BCUT2D eigenvalue weighted by Crippen LogP contribution is 2.41. The summed E-state index contributed by atoms with van der Waals surface area (Å²) in [5.41, 5.74) is 7.79. The Morgan fingerprint density at radius 3 is 2.12 bits per heavy atom. The van der Waals surface area contributed by atoms with E-state index >= 15 is 0 Å². The van der Waals surface area contributed by atoms with Crippen molar-refractivity contribution in [3.05, 3.63) is 60.2 Å². The monoisotopic (exact) mass is 336 g/mol. The third-order valence-corrected chi connectivity index (χ3v) is 3.96. The van der Waals surface area contributed by atoms with Gasteiger partial charge in [-0.1, -0.05) is 42.5 Å². The van der Waals surface area contributed by atoms with Crippen LogP contribution in [0.3, 0.4) is 0 Å². The molecule has 2 N–H and O–H groups in total. The summed E-state index contributed by atoms with van der Waals surface area (Å²) in [6, 6.07) is 17.6. The zero-order valence-corrected chi connectivity index (χ0v) is 14.4. The summed E-state index contributed by atoms with van der Waals surface area (Å²) in [5.74, 6) is 2.01. The lowest BCUT2D eigenvalue weighted by molar-refractivity contribution is 0.324. The van der Waals surface area contributed by atoms with Crippen LogP contribution in [-0.4, -0.2) is 27.2 Å². The molecule has 5 heteroatoms. The molecule has 0 saturated carbocycles. The molecule has 0 radical (unpaired) electrons. The lowest BCUT2D eigenvalue weighted by Crippen LogP contribution is -2.13. The predicted octanol–water partition coefficient (Wildman–Crippen LogP) is 3.90. The number of ether oxygens (including phenoxy) is 3. The molecule has 3 aromatic carbocycles. The van der Waals surface area contributed by atoms with E-state index in [1.807, 2.05) is 42.5 Å². The van der Waals surface area contributed by atoms with Gasteiger partial charge in [0.15, 0.2) is 11.5 Å². The summed E-state index contributed by atoms with van der Waals surface area (Å²) in [5, 5.41) is 2.17.